The van der Waals surface area contributed by atoms with Crippen molar-refractivity contribution in [2.75, 3.05) is 39.3 Å². The highest BCUT2D eigenvalue weighted by molar-refractivity contribution is 5.78. The van der Waals surface area contributed by atoms with Crippen molar-refractivity contribution in [3.8, 4) is 0 Å². The second-order valence-corrected chi connectivity index (χ2v) is 4.62. The second kappa shape index (κ2) is 5.44. The number of nitrogens with zero attached hydrogens (tertiary/aromatic N) is 1. The number of carbonyl (C=O) groups excluding carboxylic acids is 1. The molecule has 1 aliphatic heterocycles. The molecule has 1 fully saturated rings. The Morgan fingerprint density at radius 2 is 2.07 bits per heavy atom. The zero-order valence-corrected chi connectivity index (χ0v) is 9.55. The lowest BCUT2D eigenvalue weighted by Crippen LogP contribution is -2.49. The largest absolute Gasteiger partial charge is 0.389 e. The monoisotopic (exact) mass is 215 g/mol. The van der Waals surface area contributed by atoms with Crippen LogP contribution in [0.2, 0.25) is 0 Å². The lowest BCUT2D eigenvalue weighted by atomic mass is 10.1. The molecule has 0 aromatic rings. The molecule has 0 saturated carbocycles. The smallest absolute Gasteiger partial charge is 0.234 e. The average molecular weight is 215 g/mol. The number of amides is 1. The standard InChI is InChI=1S/C10H21N3O2/c1-10(2,15)8-12-9(14)7-13-5-3-11-4-6-13/h11,15H,3-8H2,1-2H3,(H,12,14). The van der Waals surface area contributed by atoms with Crippen LogP contribution in [0, 0.1) is 0 Å². The predicted molar refractivity (Wildman–Crippen MR) is 58.6 cm³/mol. The zero-order chi connectivity index (χ0) is 11.3. The number of piperazine rings is 1. The van der Waals surface area contributed by atoms with Gasteiger partial charge >= 0.3 is 0 Å². The summed E-state index contributed by atoms with van der Waals surface area (Å²) >= 11 is 0. The minimum Gasteiger partial charge on any atom is -0.389 e. The summed E-state index contributed by atoms with van der Waals surface area (Å²) < 4.78 is 0. The van der Waals surface area contributed by atoms with Crippen LogP contribution in [0.3, 0.4) is 0 Å². The number of carbonyl (C=O) groups is 1. The molecular formula is C10H21N3O2. The van der Waals surface area contributed by atoms with E-state index in [0.29, 0.717) is 13.1 Å². The summed E-state index contributed by atoms with van der Waals surface area (Å²) in [5.41, 5.74) is -0.834. The average Bonchev–Trinajstić information content (AvgIpc) is 2.15. The van der Waals surface area contributed by atoms with E-state index in [4.69, 9.17) is 0 Å². The Morgan fingerprint density at radius 1 is 1.47 bits per heavy atom. The predicted octanol–water partition coefficient (Wildman–Crippen LogP) is -1.22. The summed E-state index contributed by atoms with van der Waals surface area (Å²) in [6.07, 6.45) is 0. The van der Waals surface area contributed by atoms with Gasteiger partial charge in [-0.15, -0.1) is 0 Å². The highest BCUT2D eigenvalue weighted by Crippen LogP contribution is 1.97. The highest BCUT2D eigenvalue weighted by Gasteiger charge is 2.16. The van der Waals surface area contributed by atoms with Crippen LogP contribution in [0.15, 0.2) is 0 Å². The summed E-state index contributed by atoms with van der Waals surface area (Å²) in [7, 11) is 0. The summed E-state index contributed by atoms with van der Waals surface area (Å²) in [4.78, 5) is 13.6. The molecule has 0 aromatic heterocycles. The van der Waals surface area contributed by atoms with Crippen LogP contribution in [0.5, 0.6) is 0 Å². The molecule has 0 aliphatic carbocycles. The van der Waals surface area contributed by atoms with Crippen molar-refractivity contribution in [2.24, 2.45) is 0 Å². The van der Waals surface area contributed by atoms with E-state index in [1.165, 1.54) is 0 Å². The lowest BCUT2D eigenvalue weighted by Gasteiger charge is -2.27. The van der Waals surface area contributed by atoms with Crippen molar-refractivity contribution in [3.05, 3.63) is 0 Å². The van der Waals surface area contributed by atoms with Crippen molar-refractivity contribution < 1.29 is 9.90 Å². The quantitative estimate of drug-likeness (QED) is 0.550. The van der Waals surface area contributed by atoms with E-state index in [1.807, 2.05) is 0 Å². The molecule has 3 N–H and O–H groups in total. The summed E-state index contributed by atoms with van der Waals surface area (Å²) in [6, 6.07) is 0. The van der Waals surface area contributed by atoms with Crippen LogP contribution in [-0.4, -0.2) is 60.8 Å². The van der Waals surface area contributed by atoms with Crippen LogP contribution >= 0.6 is 0 Å². The first-order valence-corrected chi connectivity index (χ1v) is 5.39. The molecule has 1 amide bonds. The Morgan fingerprint density at radius 3 is 2.60 bits per heavy atom. The molecule has 5 heteroatoms. The summed E-state index contributed by atoms with van der Waals surface area (Å²) in [5, 5.41) is 15.4. The number of nitrogens with one attached hydrogen (secondary N) is 2. The van der Waals surface area contributed by atoms with Crippen LogP contribution in [-0.2, 0) is 4.79 Å². The zero-order valence-electron chi connectivity index (χ0n) is 9.55. The third kappa shape index (κ3) is 5.71. The van der Waals surface area contributed by atoms with Gasteiger partial charge in [0.15, 0.2) is 0 Å². The highest BCUT2D eigenvalue weighted by atomic mass is 16.3. The van der Waals surface area contributed by atoms with Gasteiger partial charge in [-0.2, -0.15) is 0 Å². The second-order valence-electron chi connectivity index (χ2n) is 4.62. The first kappa shape index (κ1) is 12.4. The van der Waals surface area contributed by atoms with Gasteiger partial charge in [-0.25, -0.2) is 0 Å². The molecule has 15 heavy (non-hydrogen) atoms. The van der Waals surface area contributed by atoms with Gasteiger partial charge in [0, 0.05) is 32.7 Å². The normalized spacial score (nSPS) is 18.9. The van der Waals surface area contributed by atoms with E-state index in [9.17, 15) is 9.90 Å². The summed E-state index contributed by atoms with van der Waals surface area (Å²) in [6.45, 7) is 7.80. The molecule has 5 nitrogen and oxygen atoms in total. The number of rotatable bonds is 4. The van der Waals surface area contributed by atoms with Gasteiger partial charge in [0.25, 0.3) is 0 Å². The molecular weight excluding hydrogens is 194 g/mol. The van der Waals surface area contributed by atoms with E-state index >= 15 is 0 Å². The maximum Gasteiger partial charge on any atom is 0.234 e. The first-order valence-electron chi connectivity index (χ1n) is 5.39. The molecule has 0 spiro atoms. The topological polar surface area (TPSA) is 64.6 Å². The fraction of sp³-hybridized carbons (Fsp3) is 0.900. The third-order valence-corrected chi connectivity index (χ3v) is 2.29. The molecule has 1 heterocycles. The van der Waals surface area contributed by atoms with E-state index in [-0.39, 0.29) is 5.91 Å². The molecule has 0 aromatic carbocycles. The molecule has 1 saturated heterocycles. The van der Waals surface area contributed by atoms with Crippen molar-refractivity contribution in [2.45, 2.75) is 19.4 Å². The van der Waals surface area contributed by atoms with Gasteiger partial charge in [-0.3, -0.25) is 9.69 Å². The Kier molecular flexibility index (Phi) is 4.50. The fourth-order valence-electron chi connectivity index (χ4n) is 1.44. The van der Waals surface area contributed by atoms with Gasteiger partial charge in [0.1, 0.15) is 0 Å². The third-order valence-electron chi connectivity index (χ3n) is 2.29. The van der Waals surface area contributed by atoms with Crippen LogP contribution in [0.4, 0.5) is 0 Å². The summed E-state index contributed by atoms with van der Waals surface area (Å²) in [5.74, 6) is -0.0148. The van der Waals surface area contributed by atoms with Gasteiger partial charge in [-0.05, 0) is 13.8 Å². The van der Waals surface area contributed by atoms with Gasteiger partial charge in [0.2, 0.25) is 5.91 Å². The number of hydrogen-bond acceptors (Lipinski definition) is 4. The van der Waals surface area contributed by atoms with Crippen LogP contribution in [0.1, 0.15) is 13.8 Å². The molecule has 0 atom stereocenters. The maximum absolute atomic E-state index is 11.5. The SMILES string of the molecule is CC(C)(O)CNC(=O)CN1CCNCC1. The first-order chi connectivity index (χ1) is 6.97. The Balaban J connectivity index is 2.17. The van der Waals surface area contributed by atoms with Crippen molar-refractivity contribution >= 4 is 5.91 Å². The number of aliphatic hydroxyl groups is 1. The number of hydrogen-bond donors (Lipinski definition) is 3. The molecule has 88 valence electrons. The molecule has 1 aliphatic rings. The molecule has 1 rings (SSSR count). The van der Waals surface area contributed by atoms with Gasteiger partial charge in [-0.1, -0.05) is 0 Å². The van der Waals surface area contributed by atoms with E-state index < -0.39 is 5.60 Å². The van der Waals surface area contributed by atoms with Crippen LogP contribution in [0.25, 0.3) is 0 Å². The van der Waals surface area contributed by atoms with E-state index in [2.05, 4.69) is 15.5 Å². The minimum absolute atomic E-state index is 0.0148. The van der Waals surface area contributed by atoms with Crippen molar-refractivity contribution in [3.63, 3.8) is 0 Å². The Hall–Kier alpha value is -0.650. The van der Waals surface area contributed by atoms with Crippen LogP contribution < -0.4 is 10.6 Å². The van der Waals surface area contributed by atoms with Crippen molar-refractivity contribution in [1.82, 2.24) is 15.5 Å². The molecule has 0 unspecified atom stereocenters. The van der Waals surface area contributed by atoms with Crippen molar-refractivity contribution in [1.29, 1.82) is 0 Å². The van der Waals surface area contributed by atoms with Gasteiger partial charge < -0.3 is 15.7 Å². The molecule has 0 bridgehead atoms. The molecule has 0 radical (unpaired) electrons. The van der Waals surface area contributed by atoms with E-state index in [0.717, 1.165) is 26.2 Å². The lowest BCUT2D eigenvalue weighted by molar-refractivity contribution is -0.123. The Bertz CT molecular complexity index is 207. The fourth-order valence-corrected chi connectivity index (χ4v) is 1.44. The van der Waals surface area contributed by atoms with E-state index in [1.54, 1.807) is 13.8 Å². The maximum atomic E-state index is 11.5. The minimum atomic E-state index is -0.834. The van der Waals surface area contributed by atoms with Gasteiger partial charge in [0.05, 0.1) is 12.1 Å². The Labute approximate surface area is 90.8 Å².